The molecule has 0 spiro atoms. The smallest absolute Gasteiger partial charge is 0.273 e. The molecule has 2 aromatic rings. The maximum atomic E-state index is 12.0. The summed E-state index contributed by atoms with van der Waals surface area (Å²) in [5.74, 6) is -0.608. The molecule has 0 aliphatic carbocycles. The molecule has 0 saturated carbocycles. The van der Waals surface area contributed by atoms with E-state index in [9.17, 15) is 9.90 Å². The lowest BCUT2D eigenvalue weighted by atomic mass is 10.1. The molecule has 7 nitrogen and oxygen atoms in total. The number of anilines is 1. The zero-order chi connectivity index (χ0) is 16.1. The van der Waals surface area contributed by atoms with Crippen LogP contribution in [0.1, 0.15) is 10.5 Å². The molecule has 2 rings (SSSR count). The minimum Gasteiger partial charge on any atom is -0.394 e. The average Bonchev–Trinajstić information content (AvgIpc) is 2.52. The maximum absolute atomic E-state index is 12.0. The Bertz CT molecular complexity index is 681. The number of hydrogen-bond donors (Lipinski definition) is 4. The number of carbonyl (C=O) groups is 1. The van der Waals surface area contributed by atoms with E-state index in [-0.39, 0.29) is 18.1 Å². The van der Waals surface area contributed by atoms with Crippen LogP contribution in [0.15, 0.2) is 30.5 Å². The predicted octanol–water partition coefficient (Wildman–Crippen LogP) is 0.462. The highest BCUT2D eigenvalue weighted by molar-refractivity contribution is 6.30. The summed E-state index contributed by atoms with van der Waals surface area (Å²) in [5, 5.41) is 20.9. The summed E-state index contributed by atoms with van der Waals surface area (Å²) in [6.07, 6.45) is 0.398. The van der Waals surface area contributed by atoms with Crippen LogP contribution in [0.3, 0.4) is 0 Å². The molecule has 1 aromatic heterocycles. The second-order valence-corrected chi connectivity index (χ2v) is 4.98. The Labute approximate surface area is 131 Å². The minimum atomic E-state index is -1.05. The Hall–Kier alpha value is -2.22. The monoisotopic (exact) mass is 322 g/mol. The van der Waals surface area contributed by atoms with Crippen molar-refractivity contribution in [2.24, 2.45) is 0 Å². The Morgan fingerprint density at radius 3 is 2.91 bits per heavy atom. The SMILES string of the molecule is Nc1ncc(-c2cccc(Cl)c2)nc1C(=O)NC[C@H](O)CO. The van der Waals surface area contributed by atoms with Crippen molar-refractivity contribution >= 4 is 23.3 Å². The minimum absolute atomic E-state index is 0.0261. The van der Waals surface area contributed by atoms with E-state index in [2.05, 4.69) is 15.3 Å². The van der Waals surface area contributed by atoms with Gasteiger partial charge in [0.1, 0.15) is 0 Å². The molecule has 1 aromatic carbocycles. The van der Waals surface area contributed by atoms with E-state index in [1.807, 2.05) is 0 Å². The van der Waals surface area contributed by atoms with E-state index < -0.39 is 18.6 Å². The summed E-state index contributed by atoms with van der Waals surface area (Å²) >= 11 is 5.93. The Morgan fingerprint density at radius 2 is 2.23 bits per heavy atom. The van der Waals surface area contributed by atoms with Crippen molar-refractivity contribution in [3.8, 4) is 11.3 Å². The molecule has 22 heavy (non-hydrogen) atoms. The third kappa shape index (κ3) is 3.91. The summed E-state index contributed by atoms with van der Waals surface area (Å²) < 4.78 is 0. The number of aromatic nitrogens is 2. The molecule has 0 radical (unpaired) electrons. The van der Waals surface area contributed by atoms with E-state index in [1.54, 1.807) is 24.3 Å². The van der Waals surface area contributed by atoms with Crippen molar-refractivity contribution in [2.75, 3.05) is 18.9 Å². The molecule has 0 bridgehead atoms. The van der Waals surface area contributed by atoms with Gasteiger partial charge in [0.15, 0.2) is 11.5 Å². The van der Waals surface area contributed by atoms with Crippen molar-refractivity contribution in [2.45, 2.75) is 6.10 Å². The lowest BCUT2D eigenvalue weighted by molar-refractivity contribution is 0.0799. The van der Waals surface area contributed by atoms with Crippen LogP contribution < -0.4 is 11.1 Å². The second kappa shape index (κ2) is 7.17. The van der Waals surface area contributed by atoms with Crippen LogP contribution in [-0.2, 0) is 0 Å². The van der Waals surface area contributed by atoms with Gasteiger partial charge in [-0.05, 0) is 12.1 Å². The first-order valence-electron chi connectivity index (χ1n) is 6.47. The van der Waals surface area contributed by atoms with Gasteiger partial charge in [-0.15, -0.1) is 0 Å². The van der Waals surface area contributed by atoms with Crippen molar-refractivity contribution < 1.29 is 15.0 Å². The molecule has 116 valence electrons. The van der Waals surface area contributed by atoms with E-state index >= 15 is 0 Å². The van der Waals surface area contributed by atoms with Crippen LogP contribution in [0, 0.1) is 0 Å². The van der Waals surface area contributed by atoms with E-state index in [0.29, 0.717) is 16.3 Å². The molecule has 0 saturated heterocycles. The Balaban J connectivity index is 2.25. The number of nitrogen functional groups attached to an aromatic ring is 1. The first-order chi connectivity index (χ1) is 10.5. The topological polar surface area (TPSA) is 121 Å². The van der Waals surface area contributed by atoms with E-state index in [4.69, 9.17) is 22.4 Å². The second-order valence-electron chi connectivity index (χ2n) is 4.55. The van der Waals surface area contributed by atoms with Gasteiger partial charge in [0, 0.05) is 17.1 Å². The normalized spacial score (nSPS) is 12.0. The summed E-state index contributed by atoms with van der Waals surface area (Å²) in [5.41, 5.74) is 6.76. The molecular formula is C14H15ClN4O3. The van der Waals surface area contributed by atoms with Gasteiger partial charge in [-0.25, -0.2) is 9.97 Å². The summed E-state index contributed by atoms with van der Waals surface area (Å²) in [6, 6.07) is 6.95. The number of nitrogens with zero attached hydrogens (tertiary/aromatic N) is 2. The maximum Gasteiger partial charge on any atom is 0.273 e. The van der Waals surface area contributed by atoms with Crippen molar-refractivity contribution in [3.63, 3.8) is 0 Å². The number of nitrogens with two attached hydrogens (primary N) is 1. The van der Waals surface area contributed by atoms with Crippen molar-refractivity contribution in [1.29, 1.82) is 0 Å². The highest BCUT2D eigenvalue weighted by Crippen LogP contribution is 2.21. The number of carbonyl (C=O) groups excluding carboxylic acids is 1. The Kier molecular flexibility index (Phi) is 5.26. The summed E-state index contributed by atoms with van der Waals surface area (Å²) in [6.45, 7) is -0.568. The molecular weight excluding hydrogens is 308 g/mol. The number of rotatable bonds is 5. The van der Waals surface area contributed by atoms with Crippen LogP contribution in [0.2, 0.25) is 5.02 Å². The number of aliphatic hydroxyl groups excluding tert-OH is 2. The molecule has 5 N–H and O–H groups in total. The Morgan fingerprint density at radius 1 is 1.45 bits per heavy atom. The number of hydrogen-bond acceptors (Lipinski definition) is 6. The lowest BCUT2D eigenvalue weighted by Gasteiger charge is -2.10. The molecule has 1 amide bonds. The van der Waals surface area contributed by atoms with Crippen molar-refractivity contribution in [1.82, 2.24) is 15.3 Å². The van der Waals surface area contributed by atoms with Gasteiger partial charge in [0.05, 0.1) is 24.6 Å². The van der Waals surface area contributed by atoms with Crippen LogP contribution in [-0.4, -0.2) is 45.3 Å². The lowest BCUT2D eigenvalue weighted by Crippen LogP contribution is -2.34. The average molecular weight is 323 g/mol. The third-order valence-corrected chi connectivity index (χ3v) is 3.08. The predicted molar refractivity (Wildman–Crippen MR) is 82.3 cm³/mol. The molecule has 1 heterocycles. The van der Waals surface area contributed by atoms with E-state index in [0.717, 1.165) is 0 Å². The highest BCUT2D eigenvalue weighted by Gasteiger charge is 2.15. The van der Waals surface area contributed by atoms with Crippen molar-refractivity contribution in [3.05, 3.63) is 41.2 Å². The van der Waals surface area contributed by atoms with Gasteiger partial charge in [0.2, 0.25) is 0 Å². The zero-order valence-corrected chi connectivity index (χ0v) is 12.3. The fraction of sp³-hybridized carbons (Fsp3) is 0.214. The molecule has 0 fully saturated rings. The number of halogens is 1. The fourth-order valence-electron chi connectivity index (χ4n) is 1.71. The first-order valence-corrected chi connectivity index (χ1v) is 6.84. The number of benzene rings is 1. The largest absolute Gasteiger partial charge is 0.394 e. The van der Waals surface area contributed by atoms with Gasteiger partial charge in [-0.2, -0.15) is 0 Å². The molecule has 1 atom stereocenters. The number of aliphatic hydroxyl groups is 2. The molecule has 8 heteroatoms. The van der Waals surface area contributed by atoms with Gasteiger partial charge in [-0.1, -0.05) is 23.7 Å². The fourth-order valence-corrected chi connectivity index (χ4v) is 1.90. The molecule has 0 unspecified atom stereocenters. The van der Waals surface area contributed by atoms with Crippen LogP contribution in [0.5, 0.6) is 0 Å². The summed E-state index contributed by atoms with van der Waals surface area (Å²) in [7, 11) is 0. The zero-order valence-electron chi connectivity index (χ0n) is 11.5. The first kappa shape index (κ1) is 16.2. The molecule has 0 aliphatic heterocycles. The number of amides is 1. The van der Waals surface area contributed by atoms with Gasteiger partial charge < -0.3 is 21.3 Å². The van der Waals surface area contributed by atoms with Crippen LogP contribution in [0.25, 0.3) is 11.3 Å². The standard InChI is InChI=1S/C14H15ClN4O3/c15-9-3-1-2-8(4-9)11-6-17-13(16)12(19-11)14(22)18-5-10(21)7-20/h1-4,6,10,20-21H,5,7H2,(H2,16,17)(H,18,22)/t10-/m0/s1. The summed E-state index contributed by atoms with van der Waals surface area (Å²) in [4.78, 5) is 20.2. The number of nitrogens with one attached hydrogen (secondary N) is 1. The quantitative estimate of drug-likeness (QED) is 0.634. The molecule has 0 aliphatic rings. The van der Waals surface area contributed by atoms with Gasteiger partial charge >= 0.3 is 0 Å². The highest BCUT2D eigenvalue weighted by atomic mass is 35.5. The van der Waals surface area contributed by atoms with Gasteiger partial charge in [0.25, 0.3) is 5.91 Å². The third-order valence-electron chi connectivity index (χ3n) is 2.85. The van der Waals surface area contributed by atoms with Crippen LogP contribution in [0.4, 0.5) is 5.82 Å². The van der Waals surface area contributed by atoms with Crippen LogP contribution >= 0.6 is 11.6 Å². The van der Waals surface area contributed by atoms with Gasteiger partial charge in [-0.3, -0.25) is 4.79 Å². The van der Waals surface area contributed by atoms with E-state index in [1.165, 1.54) is 6.20 Å².